The van der Waals surface area contributed by atoms with Crippen LogP contribution in [0.3, 0.4) is 0 Å². The zero-order chi connectivity index (χ0) is 18.7. The zero-order valence-electron chi connectivity index (χ0n) is 15.3. The molecule has 3 aromatic rings. The lowest BCUT2D eigenvalue weighted by Crippen LogP contribution is -2.46. The summed E-state index contributed by atoms with van der Waals surface area (Å²) in [7, 11) is 1.64. The summed E-state index contributed by atoms with van der Waals surface area (Å²) in [4.78, 5) is 20.1. The SMILES string of the molecule is COc1ccc2nc(SCC(=O)NCC3(c4ccccc4)CCC3)[nH]c2c1. The van der Waals surface area contributed by atoms with Crippen LogP contribution in [0.15, 0.2) is 53.7 Å². The maximum Gasteiger partial charge on any atom is 0.230 e. The van der Waals surface area contributed by atoms with Gasteiger partial charge in [0.2, 0.25) is 5.91 Å². The second-order valence-electron chi connectivity index (χ2n) is 6.99. The highest BCUT2D eigenvalue weighted by Crippen LogP contribution is 2.43. The Morgan fingerprint density at radius 1 is 1.26 bits per heavy atom. The van der Waals surface area contributed by atoms with E-state index < -0.39 is 0 Å². The first-order valence-corrected chi connectivity index (χ1v) is 10.2. The van der Waals surface area contributed by atoms with E-state index in [4.69, 9.17) is 4.74 Å². The fraction of sp³-hybridized carbons (Fsp3) is 0.333. The smallest absolute Gasteiger partial charge is 0.230 e. The van der Waals surface area contributed by atoms with Gasteiger partial charge in [-0.3, -0.25) is 4.79 Å². The Bertz CT molecular complexity index is 935. The van der Waals surface area contributed by atoms with Gasteiger partial charge >= 0.3 is 0 Å². The fourth-order valence-corrected chi connectivity index (χ4v) is 4.29. The molecule has 1 aromatic heterocycles. The van der Waals surface area contributed by atoms with Gasteiger partial charge in [-0.1, -0.05) is 48.5 Å². The quantitative estimate of drug-likeness (QED) is 0.609. The van der Waals surface area contributed by atoms with Gasteiger partial charge < -0.3 is 15.0 Å². The van der Waals surface area contributed by atoms with Crippen LogP contribution in [0.2, 0.25) is 0 Å². The van der Waals surface area contributed by atoms with Gasteiger partial charge in [-0.2, -0.15) is 0 Å². The molecule has 4 rings (SSSR count). The average Bonchev–Trinajstić information content (AvgIpc) is 3.08. The number of H-pyrrole nitrogens is 1. The summed E-state index contributed by atoms with van der Waals surface area (Å²) in [5, 5.41) is 3.87. The van der Waals surface area contributed by atoms with Crippen molar-refractivity contribution in [1.29, 1.82) is 0 Å². The Morgan fingerprint density at radius 2 is 2.07 bits per heavy atom. The van der Waals surface area contributed by atoms with Crippen molar-refractivity contribution in [1.82, 2.24) is 15.3 Å². The Hall–Kier alpha value is -2.47. The monoisotopic (exact) mass is 381 g/mol. The van der Waals surface area contributed by atoms with Crippen LogP contribution >= 0.6 is 11.8 Å². The largest absolute Gasteiger partial charge is 0.497 e. The minimum atomic E-state index is 0.0419. The molecule has 0 atom stereocenters. The number of imidazole rings is 1. The molecule has 2 N–H and O–H groups in total. The van der Waals surface area contributed by atoms with E-state index in [1.807, 2.05) is 24.3 Å². The van der Waals surface area contributed by atoms with Crippen molar-refractivity contribution >= 4 is 28.7 Å². The first kappa shape index (κ1) is 17.9. The zero-order valence-corrected chi connectivity index (χ0v) is 16.1. The Kier molecular flexibility index (Phi) is 5.07. The Balaban J connectivity index is 1.33. The van der Waals surface area contributed by atoms with Gasteiger partial charge in [-0.25, -0.2) is 4.98 Å². The number of methoxy groups -OCH3 is 1. The van der Waals surface area contributed by atoms with Crippen LogP contribution in [0.4, 0.5) is 0 Å². The van der Waals surface area contributed by atoms with Crippen molar-refractivity contribution in [2.24, 2.45) is 0 Å². The van der Waals surface area contributed by atoms with E-state index in [1.54, 1.807) is 7.11 Å². The lowest BCUT2D eigenvalue weighted by Gasteiger charge is -2.42. The molecule has 0 unspecified atom stereocenters. The van der Waals surface area contributed by atoms with Gasteiger partial charge in [0, 0.05) is 18.0 Å². The number of benzene rings is 2. The van der Waals surface area contributed by atoms with Crippen LogP contribution in [0, 0.1) is 0 Å². The Labute approximate surface area is 162 Å². The molecule has 5 nitrogen and oxygen atoms in total. The summed E-state index contributed by atoms with van der Waals surface area (Å²) in [5.74, 6) is 1.18. The van der Waals surface area contributed by atoms with Crippen LogP contribution < -0.4 is 10.1 Å². The number of thioether (sulfide) groups is 1. The second-order valence-corrected chi connectivity index (χ2v) is 7.95. The third kappa shape index (κ3) is 3.81. The standard InChI is InChI=1S/C21H23N3O2S/c1-26-16-8-9-17-18(12-16)24-20(23-17)27-13-19(25)22-14-21(10-5-11-21)15-6-3-2-4-7-15/h2-4,6-9,12H,5,10-11,13-14H2,1H3,(H,22,25)(H,23,24). The molecule has 1 heterocycles. The molecule has 0 radical (unpaired) electrons. The van der Waals surface area contributed by atoms with E-state index in [2.05, 4.69) is 39.6 Å². The normalized spacial score (nSPS) is 15.3. The molecule has 1 fully saturated rings. The van der Waals surface area contributed by atoms with Crippen molar-refractivity contribution in [3.05, 3.63) is 54.1 Å². The van der Waals surface area contributed by atoms with Crippen molar-refractivity contribution < 1.29 is 9.53 Å². The molecular weight excluding hydrogens is 358 g/mol. The van der Waals surface area contributed by atoms with E-state index in [0.717, 1.165) is 34.8 Å². The number of hydrogen-bond donors (Lipinski definition) is 2. The highest BCUT2D eigenvalue weighted by molar-refractivity contribution is 7.99. The molecule has 0 aliphatic heterocycles. The van der Waals surface area contributed by atoms with E-state index >= 15 is 0 Å². The fourth-order valence-electron chi connectivity index (χ4n) is 3.58. The maximum absolute atomic E-state index is 12.4. The van der Waals surface area contributed by atoms with Crippen LogP contribution in [0.1, 0.15) is 24.8 Å². The van der Waals surface area contributed by atoms with Gasteiger partial charge in [-0.05, 0) is 30.5 Å². The number of rotatable bonds is 7. The molecule has 1 amide bonds. The van der Waals surface area contributed by atoms with Gasteiger partial charge in [0.1, 0.15) is 5.75 Å². The molecule has 2 aromatic carbocycles. The molecule has 1 aliphatic rings. The number of hydrogen-bond acceptors (Lipinski definition) is 4. The summed E-state index contributed by atoms with van der Waals surface area (Å²) in [6.45, 7) is 0.702. The number of amides is 1. The van der Waals surface area contributed by atoms with E-state index in [9.17, 15) is 4.79 Å². The summed E-state index contributed by atoms with van der Waals surface area (Å²) < 4.78 is 5.23. The van der Waals surface area contributed by atoms with Crippen molar-refractivity contribution in [2.75, 3.05) is 19.4 Å². The topological polar surface area (TPSA) is 67.0 Å². The van der Waals surface area contributed by atoms with Gasteiger partial charge in [0.05, 0.1) is 23.9 Å². The minimum Gasteiger partial charge on any atom is -0.497 e. The van der Waals surface area contributed by atoms with E-state index in [1.165, 1.54) is 23.7 Å². The van der Waals surface area contributed by atoms with Gasteiger partial charge in [0.25, 0.3) is 0 Å². The highest BCUT2D eigenvalue weighted by atomic mass is 32.2. The first-order valence-electron chi connectivity index (χ1n) is 9.17. The van der Waals surface area contributed by atoms with Crippen LogP contribution in [-0.4, -0.2) is 35.3 Å². The number of carbonyl (C=O) groups excluding carboxylic acids is 1. The molecule has 0 spiro atoms. The molecule has 27 heavy (non-hydrogen) atoms. The second kappa shape index (κ2) is 7.64. The number of carbonyl (C=O) groups is 1. The molecule has 1 saturated carbocycles. The van der Waals surface area contributed by atoms with Crippen LogP contribution in [0.5, 0.6) is 5.75 Å². The predicted octanol–water partition coefficient (Wildman–Crippen LogP) is 3.90. The van der Waals surface area contributed by atoms with Gasteiger partial charge in [0.15, 0.2) is 5.16 Å². The lowest BCUT2D eigenvalue weighted by molar-refractivity contribution is -0.119. The maximum atomic E-state index is 12.4. The minimum absolute atomic E-state index is 0.0419. The Morgan fingerprint density at radius 3 is 2.78 bits per heavy atom. The van der Waals surface area contributed by atoms with Crippen molar-refractivity contribution in [3.63, 3.8) is 0 Å². The summed E-state index contributed by atoms with van der Waals surface area (Å²) >= 11 is 1.42. The molecule has 140 valence electrons. The number of aromatic amines is 1. The summed E-state index contributed by atoms with van der Waals surface area (Å²) in [5.41, 5.74) is 3.22. The number of nitrogens with zero attached hydrogens (tertiary/aromatic N) is 1. The van der Waals surface area contributed by atoms with E-state index in [-0.39, 0.29) is 11.3 Å². The number of nitrogens with one attached hydrogen (secondary N) is 2. The molecule has 0 saturated heterocycles. The number of ether oxygens (including phenoxy) is 1. The predicted molar refractivity (Wildman–Crippen MR) is 108 cm³/mol. The lowest BCUT2D eigenvalue weighted by atomic mass is 9.64. The van der Waals surface area contributed by atoms with Crippen LogP contribution in [-0.2, 0) is 10.2 Å². The summed E-state index contributed by atoms with van der Waals surface area (Å²) in [6.07, 6.45) is 3.49. The first-order chi connectivity index (χ1) is 13.2. The average molecular weight is 382 g/mol. The number of aromatic nitrogens is 2. The number of fused-ring (bicyclic) bond motifs is 1. The molecule has 1 aliphatic carbocycles. The molecule has 0 bridgehead atoms. The molecule has 6 heteroatoms. The van der Waals surface area contributed by atoms with Crippen molar-refractivity contribution in [3.8, 4) is 5.75 Å². The van der Waals surface area contributed by atoms with Gasteiger partial charge in [-0.15, -0.1) is 0 Å². The third-order valence-corrected chi connectivity index (χ3v) is 6.20. The molecular formula is C21H23N3O2S. The van der Waals surface area contributed by atoms with E-state index in [0.29, 0.717) is 12.3 Å². The third-order valence-electron chi connectivity index (χ3n) is 5.33. The van der Waals surface area contributed by atoms with Crippen molar-refractivity contribution in [2.45, 2.75) is 29.8 Å². The van der Waals surface area contributed by atoms with Crippen LogP contribution in [0.25, 0.3) is 11.0 Å². The summed E-state index contributed by atoms with van der Waals surface area (Å²) in [6, 6.07) is 16.2. The highest BCUT2D eigenvalue weighted by Gasteiger charge is 2.38.